The summed E-state index contributed by atoms with van der Waals surface area (Å²) in [6.07, 6.45) is 5.27. The van der Waals surface area contributed by atoms with Gasteiger partial charge in [0.2, 0.25) is 15.9 Å². The van der Waals surface area contributed by atoms with Crippen molar-refractivity contribution in [3.05, 3.63) is 0 Å². The number of carbonyl (C=O) groups excluding carboxylic acids is 1. The number of amides is 1. The molecular weight excluding hydrogens is 304 g/mol. The number of nitrogens with one attached hydrogen (secondary N) is 1. The van der Waals surface area contributed by atoms with Crippen molar-refractivity contribution >= 4 is 15.9 Å². The molecule has 6 nitrogen and oxygen atoms in total. The second kappa shape index (κ2) is 5.76. The number of carbonyl (C=O) groups is 1. The fourth-order valence-electron chi connectivity index (χ4n) is 3.81. The summed E-state index contributed by atoms with van der Waals surface area (Å²) in [5.41, 5.74) is -0.257. The van der Waals surface area contributed by atoms with E-state index in [-0.39, 0.29) is 17.6 Å². The van der Waals surface area contributed by atoms with Gasteiger partial charge in [-0.1, -0.05) is 6.92 Å². The first-order valence-corrected chi connectivity index (χ1v) is 10.1. The predicted molar refractivity (Wildman–Crippen MR) is 82.8 cm³/mol. The van der Waals surface area contributed by atoms with E-state index in [2.05, 4.69) is 11.6 Å². The van der Waals surface area contributed by atoms with Gasteiger partial charge in [-0.15, -0.1) is 0 Å². The second-order valence-corrected chi connectivity index (χ2v) is 9.04. The molecule has 2 aliphatic heterocycles. The molecule has 1 amide bonds. The standard InChI is InChI=1S/C15H26N2O4S/c1-11-9-13(11)14(18)17-6-4-15(5-7-17)10-12(3-8-21-15)16-22(2,19)20/h11-13,16H,3-10H2,1-2H3/t11-,12-,13+/m1/s1. The van der Waals surface area contributed by atoms with E-state index in [0.717, 1.165) is 38.8 Å². The Bertz CT molecular complexity index is 540. The van der Waals surface area contributed by atoms with Crippen LogP contribution in [0.25, 0.3) is 0 Å². The highest BCUT2D eigenvalue weighted by Gasteiger charge is 2.46. The Hall–Kier alpha value is -0.660. The molecule has 1 N–H and O–H groups in total. The van der Waals surface area contributed by atoms with E-state index in [1.165, 1.54) is 6.26 Å². The molecule has 0 aromatic carbocycles. The van der Waals surface area contributed by atoms with Gasteiger partial charge >= 0.3 is 0 Å². The van der Waals surface area contributed by atoms with Crippen LogP contribution in [0.3, 0.4) is 0 Å². The van der Waals surface area contributed by atoms with Gasteiger partial charge < -0.3 is 9.64 Å². The van der Waals surface area contributed by atoms with E-state index in [1.807, 2.05) is 4.90 Å². The highest BCUT2D eigenvalue weighted by molar-refractivity contribution is 7.88. The molecule has 7 heteroatoms. The van der Waals surface area contributed by atoms with Crippen molar-refractivity contribution in [1.82, 2.24) is 9.62 Å². The van der Waals surface area contributed by atoms with Gasteiger partial charge in [0.05, 0.1) is 11.9 Å². The van der Waals surface area contributed by atoms with E-state index >= 15 is 0 Å². The number of nitrogens with zero attached hydrogens (tertiary/aromatic N) is 1. The molecule has 3 rings (SSSR count). The number of likely N-dealkylation sites (tertiary alicyclic amines) is 1. The van der Waals surface area contributed by atoms with Crippen molar-refractivity contribution in [2.24, 2.45) is 11.8 Å². The normalized spacial score (nSPS) is 34.6. The zero-order valence-electron chi connectivity index (χ0n) is 13.4. The minimum atomic E-state index is -3.18. The van der Waals surface area contributed by atoms with Crippen LogP contribution in [0.2, 0.25) is 0 Å². The fraction of sp³-hybridized carbons (Fsp3) is 0.933. The lowest BCUT2D eigenvalue weighted by molar-refractivity contribution is -0.145. The summed E-state index contributed by atoms with van der Waals surface area (Å²) in [6, 6.07) is -0.0468. The Morgan fingerprint density at radius 2 is 1.95 bits per heavy atom. The zero-order chi connectivity index (χ0) is 16.0. The van der Waals surface area contributed by atoms with Gasteiger partial charge in [-0.2, -0.15) is 0 Å². The van der Waals surface area contributed by atoms with Crippen LogP contribution < -0.4 is 4.72 Å². The molecule has 0 radical (unpaired) electrons. The maximum absolute atomic E-state index is 12.3. The van der Waals surface area contributed by atoms with E-state index < -0.39 is 10.0 Å². The molecule has 3 fully saturated rings. The van der Waals surface area contributed by atoms with Crippen LogP contribution in [0.5, 0.6) is 0 Å². The van der Waals surface area contributed by atoms with Gasteiger partial charge in [0.1, 0.15) is 0 Å². The first-order chi connectivity index (χ1) is 10.3. The Kier molecular flexibility index (Phi) is 4.24. The number of hydrogen-bond donors (Lipinski definition) is 1. The number of rotatable bonds is 3. The Morgan fingerprint density at radius 3 is 2.50 bits per heavy atom. The molecule has 2 heterocycles. The smallest absolute Gasteiger partial charge is 0.225 e. The third kappa shape index (κ3) is 3.63. The maximum atomic E-state index is 12.3. The van der Waals surface area contributed by atoms with Crippen LogP contribution in [0, 0.1) is 11.8 Å². The van der Waals surface area contributed by atoms with Crippen molar-refractivity contribution < 1.29 is 17.9 Å². The molecule has 0 bridgehead atoms. The van der Waals surface area contributed by atoms with Crippen LogP contribution in [-0.4, -0.2) is 56.8 Å². The molecule has 0 unspecified atom stereocenters. The first-order valence-electron chi connectivity index (χ1n) is 8.18. The van der Waals surface area contributed by atoms with Crippen molar-refractivity contribution in [3.63, 3.8) is 0 Å². The lowest BCUT2D eigenvalue weighted by atomic mass is 9.82. The quantitative estimate of drug-likeness (QED) is 0.828. The van der Waals surface area contributed by atoms with E-state index in [1.54, 1.807) is 0 Å². The fourth-order valence-corrected chi connectivity index (χ4v) is 4.62. The average Bonchev–Trinajstić information content (AvgIpc) is 3.14. The number of piperidine rings is 1. The molecule has 1 spiro atoms. The van der Waals surface area contributed by atoms with E-state index in [4.69, 9.17) is 4.74 Å². The highest BCUT2D eigenvalue weighted by Crippen LogP contribution is 2.41. The molecule has 1 aliphatic carbocycles. The summed E-state index contributed by atoms with van der Waals surface area (Å²) in [5.74, 6) is 1.07. The monoisotopic (exact) mass is 330 g/mol. The topological polar surface area (TPSA) is 75.7 Å². The molecule has 0 aromatic rings. The summed E-state index contributed by atoms with van der Waals surface area (Å²) in [4.78, 5) is 14.3. The summed E-state index contributed by atoms with van der Waals surface area (Å²) >= 11 is 0. The average molecular weight is 330 g/mol. The lowest BCUT2D eigenvalue weighted by Gasteiger charge is -2.46. The third-order valence-electron chi connectivity index (χ3n) is 5.29. The SMILES string of the molecule is C[C@@H]1C[C@@H]1C(=O)N1CCC2(CC1)C[C@H](NS(C)(=O)=O)CCO2. The van der Waals surface area contributed by atoms with Crippen molar-refractivity contribution in [2.75, 3.05) is 26.0 Å². The Balaban J connectivity index is 1.56. The van der Waals surface area contributed by atoms with Crippen LogP contribution in [0.4, 0.5) is 0 Å². The lowest BCUT2D eigenvalue weighted by Crippen LogP contribution is -2.54. The minimum absolute atomic E-state index is 0.0468. The van der Waals surface area contributed by atoms with Crippen LogP contribution >= 0.6 is 0 Å². The van der Waals surface area contributed by atoms with Gasteiger partial charge in [0.15, 0.2) is 0 Å². The van der Waals surface area contributed by atoms with Crippen LogP contribution in [-0.2, 0) is 19.6 Å². The molecule has 3 atom stereocenters. The molecule has 1 saturated carbocycles. The van der Waals surface area contributed by atoms with Crippen molar-refractivity contribution in [1.29, 1.82) is 0 Å². The number of ether oxygens (including phenoxy) is 1. The minimum Gasteiger partial charge on any atom is -0.375 e. The Labute approximate surface area is 132 Å². The van der Waals surface area contributed by atoms with E-state index in [9.17, 15) is 13.2 Å². The van der Waals surface area contributed by atoms with E-state index in [0.29, 0.717) is 24.9 Å². The largest absolute Gasteiger partial charge is 0.375 e. The first kappa shape index (κ1) is 16.2. The molecule has 2 saturated heterocycles. The van der Waals surface area contributed by atoms with Gasteiger partial charge in [-0.05, 0) is 38.0 Å². The van der Waals surface area contributed by atoms with Gasteiger partial charge in [0.25, 0.3) is 0 Å². The Morgan fingerprint density at radius 1 is 1.32 bits per heavy atom. The highest BCUT2D eigenvalue weighted by atomic mass is 32.2. The molecular formula is C15H26N2O4S. The summed E-state index contributed by atoms with van der Waals surface area (Å²) < 4.78 is 31.6. The van der Waals surface area contributed by atoms with Gasteiger partial charge in [-0.3, -0.25) is 4.79 Å². The van der Waals surface area contributed by atoms with Crippen LogP contribution in [0.1, 0.15) is 39.0 Å². The van der Waals surface area contributed by atoms with Gasteiger partial charge in [0, 0.05) is 31.7 Å². The molecule has 126 valence electrons. The molecule has 3 aliphatic rings. The summed E-state index contributed by atoms with van der Waals surface area (Å²) in [6.45, 7) is 4.17. The maximum Gasteiger partial charge on any atom is 0.225 e. The summed E-state index contributed by atoms with van der Waals surface area (Å²) in [5, 5.41) is 0. The zero-order valence-corrected chi connectivity index (χ0v) is 14.2. The molecule has 0 aromatic heterocycles. The second-order valence-electron chi connectivity index (χ2n) is 7.26. The predicted octanol–water partition coefficient (Wildman–Crippen LogP) is 0.732. The number of hydrogen-bond acceptors (Lipinski definition) is 4. The van der Waals surface area contributed by atoms with Gasteiger partial charge in [-0.25, -0.2) is 13.1 Å². The summed E-state index contributed by atoms with van der Waals surface area (Å²) in [7, 11) is -3.18. The van der Waals surface area contributed by atoms with Crippen molar-refractivity contribution in [3.8, 4) is 0 Å². The molecule has 22 heavy (non-hydrogen) atoms. The van der Waals surface area contributed by atoms with Crippen molar-refractivity contribution in [2.45, 2.75) is 50.7 Å². The third-order valence-corrected chi connectivity index (χ3v) is 6.05. The number of sulfonamides is 1. The van der Waals surface area contributed by atoms with Crippen LogP contribution in [0.15, 0.2) is 0 Å².